The molecule has 1 aromatic carbocycles. The zero-order chi connectivity index (χ0) is 18.4. The molecule has 0 bridgehead atoms. The maximum Gasteiger partial charge on any atom is 0.267 e. The number of nitrogens with one attached hydrogen (secondary N) is 1. The summed E-state index contributed by atoms with van der Waals surface area (Å²) in [5.74, 6) is 0.296. The standard InChI is InChI=1S/C20H21N5O2/c26-19-8-14-3-1-2-4-16(14)23-25(19)11-13-9-24(10-13)20(27)15-5-6-17-18(7-15)22-12-21-17/h5-8,12-13H,1-4,9-11H2,(H,21,22). The Morgan fingerprint density at radius 1 is 1.19 bits per heavy atom. The van der Waals surface area contributed by atoms with Gasteiger partial charge in [0.2, 0.25) is 0 Å². The van der Waals surface area contributed by atoms with Crippen molar-refractivity contribution in [3.8, 4) is 0 Å². The van der Waals surface area contributed by atoms with Crippen LogP contribution >= 0.6 is 0 Å². The molecule has 138 valence electrons. The van der Waals surface area contributed by atoms with Crippen molar-refractivity contribution in [2.75, 3.05) is 13.1 Å². The molecule has 1 saturated heterocycles. The van der Waals surface area contributed by atoms with E-state index in [-0.39, 0.29) is 17.4 Å². The number of amides is 1. The van der Waals surface area contributed by atoms with Crippen LogP contribution < -0.4 is 5.56 Å². The van der Waals surface area contributed by atoms with E-state index in [2.05, 4.69) is 15.1 Å². The lowest BCUT2D eigenvalue weighted by Crippen LogP contribution is -2.52. The predicted octanol–water partition coefficient (Wildman–Crippen LogP) is 1.77. The topological polar surface area (TPSA) is 83.9 Å². The Balaban J connectivity index is 1.25. The second kappa shape index (κ2) is 6.33. The van der Waals surface area contributed by atoms with Crippen molar-refractivity contribution in [1.29, 1.82) is 0 Å². The predicted molar refractivity (Wildman–Crippen MR) is 101 cm³/mol. The molecule has 7 heteroatoms. The second-order valence-corrected chi connectivity index (χ2v) is 7.55. The first-order valence-corrected chi connectivity index (χ1v) is 9.50. The molecule has 5 rings (SSSR count). The summed E-state index contributed by atoms with van der Waals surface area (Å²) in [6.07, 6.45) is 5.83. The normalized spacial score (nSPS) is 17.0. The molecule has 1 aliphatic heterocycles. The minimum absolute atomic E-state index is 0.0218. The van der Waals surface area contributed by atoms with Gasteiger partial charge in [-0.15, -0.1) is 0 Å². The third-order valence-corrected chi connectivity index (χ3v) is 5.62. The van der Waals surface area contributed by atoms with E-state index in [9.17, 15) is 9.59 Å². The summed E-state index contributed by atoms with van der Waals surface area (Å²) in [4.78, 5) is 34.0. The highest BCUT2D eigenvalue weighted by molar-refractivity contribution is 5.97. The van der Waals surface area contributed by atoms with Crippen molar-refractivity contribution in [2.24, 2.45) is 5.92 Å². The van der Waals surface area contributed by atoms with E-state index in [0.717, 1.165) is 48.0 Å². The van der Waals surface area contributed by atoms with Gasteiger partial charge in [0.05, 0.1) is 29.6 Å². The number of carbonyl (C=O) groups is 1. The first kappa shape index (κ1) is 16.2. The number of H-pyrrole nitrogens is 1. The first-order chi connectivity index (χ1) is 13.2. The number of nitrogens with zero attached hydrogens (tertiary/aromatic N) is 4. The number of likely N-dealkylation sites (tertiary alicyclic amines) is 1. The van der Waals surface area contributed by atoms with E-state index < -0.39 is 0 Å². The zero-order valence-corrected chi connectivity index (χ0v) is 15.0. The number of rotatable bonds is 3. The molecule has 1 aliphatic carbocycles. The fraction of sp³-hybridized carbons (Fsp3) is 0.400. The molecule has 2 aliphatic rings. The molecule has 0 atom stereocenters. The summed E-state index contributed by atoms with van der Waals surface area (Å²) >= 11 is 0. The number of benzene rings is 1. The van der Waals surface area contributed by atoms with Crippen LogP contribution in [0.3, 0.4) is 0 Å². The highest BCUT2D eigenvalue weighted by atomic mass is 16.2. The van der Waals surface area contributed by atoms with Crippen molar-refractivity contribution in [3.63, 3.8) is 0 Å². The molecule has 0 unspecified atom stereocenters. The maximum absolute atomic E-state index is 12.7. The third kappa shape index (κ3) is 2.93. The zero-order valence-electron chi connectivity index (χ0n) is 15.0. The fourth-order valence-corrected chi connectivity index (χ4v) is 4.08. The van der Waals surface area contributed by atoms with Gasteiger partial charge in [-0.2, -0.15) is 5.10 Å². The van der Waals surface area contributed by atoms with Gasteiger partial charge >= 0.3 is 0 Å². The lowest BCUT2D eigenvalue weighted by atomic mass is 9.96. The quantitative estimate of drug-likeness (QED) is 0.769. The van der Waals surface area contributed by atoms with E-state index in [1.807, 2.05) is 23.1 Å². The number of aromatic amines is 1. The van der Waals surface area contributed by atoms with E-state index in [0.29, 0.717) is 25.2 Å². The van der Waals surface area contributed by atoms with Crippen LogP contribution in [0.4, 0.5) is 0 Å². The molecule has 0 spiro atoms. The van der Waals surface area contributed by atoms with Crippen LogP contribution in [0.25, 0.3) is 11.0 Å². The van der Waals surface area contributed by atoms with Gasteiger partial charge in [-0.05, 0) is 49.4 Å². The summed E-state index contributed by atoms with van der Waals surface area (Å²) < 4.78 is 1.59. The highest BCUT2D eigenvalue weighted by Gasteiger charge is 2.32. The van der Waals surface area contributed by atoms with E-state index in [4.69, 9.17) is 0 Å². The van der Waals surface area contributed by atoms with Crippen molar-refractivity contribution in [2.45, 2.75) is 32.2 Å². The van der Waals surface area contributed by atoms with Gasteiger partial charge < -0.3 is 9.88 Å². The van der Waals surface area contributed by atoms with E-state index >= 15 is 0 Å². The SMILES string of the molecule is O=C(c1ccc2nc[nH]c2c1)N1CC(Cn2nc3c(cc2=O)CCCC3)C1. The van der Waals surface area contributed by atoms with Gasteiger partial charge in [0.1, 0.15) is 0 Å². The molecule has 3 heterocycles. The average molecular weight is 363 g/mol. The molecule has 3 aromatic rings. The van der Waals surface area contributed by atoms with Crippen molar-refractivity contribution >= 4 is 16.9 Å². The Morgan fingerprint density at radius 3 is 2.93 bits per heavy atom. The van der Waals surface area contributed by atoms with Crippen LogP contribution in [0.5, 0.6) is 0 Å². The number of hydrogen-bond donors (Lipinski definition) is 1. The summed E-state index contributed by atoms with van der Waals surface area (Å²) in [7, 11) is 0. The Kier molecular flexibility index (Phi) is 3.81. The van der Waals surface area contributed by atoms with Crippen LogP contribution in [0.2, 0.25) is 0 Å². The highest BCUT2D eigenvalue weighted by Crippen LogP contribution is 2.22. The monoisotopic (exact) mass is 363 g/mol. The van der Waals surface area contributed by atoms with Crippen LogP contribution in [-0.4, -0.2) is 43.6 Å². The van der Waals surface area contributed by atoms with Crippen LogP contribution in [0.15, 0.2) is 35.4 Å². The smallest absolute Gasteiger partial charge is 0.267 e. The van der Waals surface area contributed by atoms with Gasteiger partial charge in [0, 0.05) is 30.6 Å². The van der Waals surface area contributed by atoms with Crippen molar-refractivity contribution in [3.05, 3.63) is 57.8 Å². The van der Waals surface area contributed by atoms with E-state index in [1.165, 1.54) is 0 Å². The summed E-state index contributed by atoms with van der Waals surface area (Å²) in [6, 6.07) is 7.26. The molecule has 1 amide bonds. The number of aryl methyl sites for hydroxylation is 2. The van der Waals surface area contributed by atoms with Gasteiger partial charge in [-0.3, -0.25) is 9.59 Å². The van der Waals surface area contributed by atoms with Crippen molar-refractivity contribution in [1.82, 2.24) is 24.6 Å². The summed E-state index contributed by atoms with van der Waals surface area (Å²) in [6.45, 7) is 1.89. The average Bonchev–Trinajstić information content (AvgIpc) is 3.11. The number of carbonyl (C=O) groups excluding carboxylic acids is 1. The van der Waals surface area contributed by atoms with Gasteiger partial charge in [-0.1, -0.05) is 0 Å². The van der Waals surface area contributed by atoms with E-state index in [1.54, 1.807) is 17.1 Å². The number of imidazole rings is 1. The van der Waals surface area contributed by atoms with Crippen LogP contribution in [0, 0.1) is 5.92 Å². The Morgan fingerprint density at radius 2 is 2.04 bits per heavy atom. The minimum atomic E-state index is -0.0230. The number of aromatic nitrogens is 4. The van der Waals surface area contributed by atoms with Crippen molar-refractivity contribution < 1.29 is 4.79 Å². The van der Waals surface area contributed by atoms with Crippen LogP contribution in [-0.2, 0) is 19.4 Å². The minimum Gasteiger partial charge on any atom is -0.345 e. The Labute approximate surface area is 156 Å². The van der Waals surface area contributed by atoms with Gasteiger partial charge in [-0.25, -0.2) is 9.67 Å². The summed E-state index contributed by atoms with van der Waals surface area (Å²) in [5, 5.41) is 4.58. The molecular weight excluding hydrogens is 342 g/mol. The lowest BCUT2D eigenvalue weighted by Gasteiger charge is -2.39. The fourth-order valence-electron chi connectivity index (χ4n) is 4.08. The molecule has 1 N–H and O–H groups in total. The largest absolute Gasteiger partial charge is 0.345 e. The number of fused-ring (bicyclic) bond motifs is 2. The van der Waals surface area contributed by atoms with Gasteiger partial charge in [0.25, 0.3) is 11.5 Å². The first-order valence-electron chi connectivity index (χ1n) is 9.50. The second-order valence-electron chi connectivity index (χ2n) is 7.55. The molecular formula is C20H21N5O2. The van der Waals surface area contributed by atoms with Gasteiger partial charge in [0.15, 0.2) is 0 Å². The molecule has 0 saturated carbocycles. The molecule has 0 radical (unpaired) electrons. The molecule has 2 aromatic heterocycles. The maximum atomic E-state index is 12.7. The van der Waals surface area contributed by atoms with Crippen LogP contribution in [0.1, 0.15) is 34.5 Å². The molecule has 27 heavy (non-hydrogen) atoms. The number of hydrogen-bond acceptors (Lipinski definition) is 4. The molecule has 1 fully saturated rings. The lowest BCUT2D eigenvalue weighted by molar-refractivity contribution is 0.0458. The molecule has 7 nitrogen and oxygen atoms in total. The third-order valence-electron chi connectivity index (χ3n) is 5.62. The Hall–Kier alpha value is -2.96. The summed E-state index contributed by atoms with van der Waals surface area (Å²) in [5.41, 5.74) is 4.54. The Bertz CT molecular complexity index is 1080.